The first-order valence-electron chi connectivity index (χ1n) is 10.1. The van der Waals surface area contributed by atoms with Crippen LogP contribution < -0.4 is 5.69 Å². The summed E-state index contributed by atoms with van der Waals surface area (Å²) < 4.78 is 6.97. The van der Waals surface area contributed by atoms with Gasteiger partial charge in [-0.05, 0) is 29.2 Å². The summed E-state index contributed by atoms with van der Waals surface area (Å²) in [6.45, 7) is 4.68. The van der Waals surface area contributed by atoms with Crippen molar-refractivity contribution in [2.75, 3.05) is 0 Å². The molecule has 1 N–H and O–H groups in total. The average molecular weight is 411 g/mol. The van der Waals surface area contributed by atoms with Crippen molar-refractivity contribution in [1.29, 1.82) is 0 Å². The molecule has 0 aliphatic heterocycles. The lowest BCUT2D eigenvalue weighted by molar-refractivity contribution is 0.574. The number of hydrogen-bond acceptors (Lipinski definition) is 5. The zero-order valence-corrected chi connectivity index (χ0v) is 17.2. The lowest BCUT2D eigenvalue weighted by Crippen LogP contribution is -2.17. The molecule has 0 aliphatic carbocycles. The van der Waals surface area contributed by atoms with Gasteiger partial charge in [-0.1, -0.05) is 50.2 Å². The van der Waals surface area contributed by atoms with E-state index >= 15 is 0 Å². The van der Waals surface area contributed by atoms with Gasteiger partial charge in [0.15, 0.2) is 11.5 Å². The number of nitrogens with one attached hydrogen (secondary N) is 1. The van der Waals surface area contributed by atoms with Crippen LogP contribution in [0.4, 0.5) is 0 Å². The first kappa shape index (κ1) is 19.0. The Balaban J connectivity index is 1.53. The quantitative estimate of drug-likeness (QED) is 0.456. The summed E-state index contributed by atoms with van der Waals surface area (Å²) in [5.41, 5.74) is 5.01. The maximum absolute atomic E-state index is 12.6. The Labute approximate surface area is 178 Å². The average Bonchev–Trinajstić information content (AvgIpc) is 3.43. The third kappa shape index (κ3) is 3.54. The highest BCUT2D eigenvalue weighted by Gasteiger charge is 2.15. The van der Waals surface area contributed by atoms with E-state index in [1.807, 2.05) is 42.5 Å². The van der Waals surface area contributed by atoms with Gasteiger partial charge < -0.3 is 9.40 Å². The van der Waals surface area contributed by atoms with E-state index in [0.29, 0.717) is 35.3 Å². The van der Waals surface area contributed by atoms with Gasteiger partial charge >= 0.3 is 5.69 Å². The second-order valence-electron chi connectivity index (χ2n) is 7.72. The molecule has 0 radical (unpaired) electrons. The molecule has 0 spiro atoms. The van der Waals surface area contributed by atoms with Gasteiger partial charge in [-0.2, -0.15) is 0 Å². The lowest BCUT2D eigenvalue weighted by Gasteiger charge is -2.11. The molecule has 0 unspecified atom stereocenters. The molecule has 5 rings (SSSR count). The number of rotatable bonds is 5. The van der Waals surface area contributed by atoms with E-state index in [2.05, 4.69) is 34.9 Å². The molecule has 7 nitrogen and oxygen atoms in total. The Morgan fingerprint density at radius 3 is 2.61 bits per heavy atom. The molecule has 0 bridgehead atoms. The Hall–Kier alpha value is -4.00. The van der Waals surface area contributed by atoms with Crippen LogP contribution in [0, 0.1) is 0 Å². The number of nitrogens with zero attached hydrogens (tertiary/aromatic N) is 4. The fourth-order valence-corrected chi connectivity index (χ4v) is 3.73. The SMILES string of the molecule is CC(C)c1ccccc1-c1ncc2[nH]c(=O)n(Cc3ccc(-c4ncco4)cc3)c2n1. The highest BCUT2D eigenvalue weighted by molar-refractivity contribution is 5.73. The number of H-pyrrole nitrogens is 1. The van der Waals surface area contributed by atoms with Crippen molar-refractivity contribution < 1.29 is 4.42 Å². The van der Waals surface area contributed by atoms with E-state index in [1.165, 1.54) is 5.56 Å². The summed E-state index contributed by atoms with van der Waals surface area (Å²) in [6.07, 6.45) is 4.84. The maximum atomic E-state index is 12.6. The number of imidazole rings is 1. The normalized spacial score (nSPS) is 11.5. The number of fused-ring (bicyclic) bond motifs is 1. The molecule has 0 aliphatic rings. The van der Waals surface area contributed by atoms with Gasteiger partial charge in [0.05, 0.1) is 18.9 Å². The van der Waals surface area contributed by atoms with Crippen molar-refractivity contribution in [1.82, 2.24) is 24.5 Å². The number of hydrogen-bond donors (Lipinski definition) is 1. The molecular weight excluding hydrogens is 390 g/mol. The van der Waals surface area contributed by atoms with E-state index < -0.39 is 0 Å². The minimum atomic E-state index is -0.213. The maximum Gasteiger partial charge on any atom is 0.328 e. The van der Waals surface area contributed by atoms with Crippen LogP contribution in [0.25, 0.3) is 34.0 Å². The van der Waals surface area contributed by atoms with Crippen LogP contribution in [0.15, 0.2) is 76.4 Å². The summed E-state index contributed by atoms with van der Waals surface area (Å²) >= 11 is 0. The van der Waals surface area contributed by atoms with E-state index in [0.717, 1.165) is 16.7 Å². The first-order chi connectivity index (χ1) is 15.1. The Kier molecular flexibility index (Phi) is 4.71. The minimum Gasteiger partial charge on any atom is -0.445 e. The van der Waals surface area contributed by atoms with Crippen molar-refractivity contribution >= 4 is 11.2 Å². The summed E-state index contributed by atoms with van der Waals surface area (Å²) in [4.78, 5) is 28.9. The topological polar surface area (TPSA) is 89.6 Å². The van der Waals surface area contributed by atoms with Gasteiger partial charge in [0.2, 0.25) is 5.89 Å². The van der Waals surface area contributed by atoms with Gasteiger partial charge in [-0.25, -0.2) is 19.7 Å². The van der Waals surface area contributed by atoms with Crippen molar-refractivity contribution in [3.63, 3.8) is 0 Å². The predicted molar refractivity (Wildman–Crippen MR) is 119 cm³/mol. The lowest BCUT2D eigenvalue weighted by atomic mass is 9.97. The van der Waals surface area contributed by atoms with Crippen LogP contribution in [-0.4, -0.2) is 24.5 Å². The second-order valence-corrected chi connectivity index (χ2v) is 7.72. The van der Waals surface area contributed by atoms with Gasteiger partial charge in [0.1, 0.15) is 11.8 Å². The van der Waals surface area contributed by atoms with E-state index in [1.54, 1.807) is 23.2 Å². The Morgan fingerprint density at radius 2 is 1.87 bits per heavy atom. The summed E-state index contributed by atoms with van der Waals surface area (Å²) in [5, 5.41) is 0. The molecule has 2 aromatic carbocycles. The zero-order valence-electron chi connectivity index (χ0n) is 17.2. The van der Waals surface area contributed by atoms with Gasteiger partial charge in [-0.15, -0.1) is 0 Å². The molecule has 5 aromatic rings. The van der Waals surface area contributed by atoms with Crippen LogP contribution in [0.5, 0.6) is 0 Å². The summed E-state index contributed by atoms with van der Waals surface area (Å²) in [6, 6.07) is 15.9. The Bertz CT molecular complexity index is 1400. The highest BCUT2D eigenvalue weighted by Crippen LogP contribution is 2.27. The standard InChI is InChI=1S/C24H21N5O2/c1-15(2)18-5-3-4-6-19(18)21-26-13-20-22(28-21)29(24(30)27-20)14-16-7-9-17(10-8-16)23-25-11-12-31-23/h3-13,15H,14H2,1-2H3,(H,27,30). The molecular formula is C24H21N5O2. The van der Waals surface area contributed by atoms with Crippen LogP contribution in [0.1, 0.15) is 30.9 Å². The summed E-state index contributed by atoms with van der Waals surface area (Å²) in [5.74, 6) is 1.52. The fourth-order valence-electron chi connectivity index (χ4n) is 3.73. The van der Waals surface area contributed by atoms with Crippen molar-refractivity contribution in [3.05, 3.63) is 88.8 Å². The van der Waals surface area contributed by atoms with E-state index in [9.17, 15) is 4.79 Å². The largest absolute Gasteiger partial charge is 0.445 e. The van der Waals surface area contributed by atoms with Crippen molar-refractivity contribution in [3.8, 4) is 22.8 Å². The molecule has 0 atom stereocenters. The van der Waals surface area contributed by atoms with Gasteiger partial charge in [-0.3, -0.25) is 4.57 Å². The fraction of sp³-hybridized carbons (Fsp3) is 0.167. The predicted octanol–water partition coefficient (Wildman–Crippen LogP) is 4.61. The Morgan fingerprint density at radius 1 is 1.06 bits per heavy atom. The monoisotopic (exact) mass is 411 g/mol. The molecule has 31 heavy (non-hydrogen) atoms. The first-order valence-corrected chi connectivity index (χ1v) is 10.1. The zero-order chi connectivity index (χ0) is 21.4. The minimum absolute atomic E-state index is 0.213. The molecule has 0 saturated heterocycles. The molecule has 0 saturated carbocycles. The number of aromatic amines is 1. The van der Waals surface area contributed by atoms with Gasteiger partial charge in [0.25, 0.3) is 0 Å². The molecule has 154 valence electrons. The number of aromatic nitrogens is 5. The van der Waals surface area contributed by atoms with Crippen molar-refractivity contribution in [2.24, 2.45) is 0 Å². The summed E-state index contributed by atoms with van der Waals surface area (Å²) in [7, 11) is 0. The molecule has 3 aromatic heterocycles. The van der Waals surface area contributed by atoms with Crippen LogP contribution in [0.3, 0.4) is 0 Å². The third-order valence-electron chi connectivity index (χ3n) is 5.31. The number of benzene rings is 2. The second kappa shape index (κ2) is 7.68. The smallest absolute Gasteiger partial charge is 0.328 e. The van der Waals surface area contributed by atoms with Crippen LogP contribution >= 0.6 is 0 Å². The van der Waals surface area contributed by atoms with Crippen molar-refractivity contribution in [2.45, 2.75) is 26.3 Å². The third-order valence-corrected chi connectivity index (χ3v) is 5.31. The molecule has 0 amide bonds. The van der Waals surface area contributed by atoms with Crippen LogP contribution in [-0.2, 0) is 6.54 Å². The molecule has 3 heterocycles. The van der Waals surface area contributed by atoms with E-state index in [4.69, 9.17) is 9.40 Å². The van der Waals surface area contributed by atoms with Crippen LogP contribution in [0.2, 0.25) is 0 Å². The molecule has 0 fully saturated rings. The van der Waals surface area contributed by atoms with E-state index in [-0.39, 0.29) is 5.69 Å². The number of oxazole rings is 1. The highest BCUT2D eigenvalue weighted by atomic mass is 16.3. The molecule has 7 heteroatoms. The van der Waals surface area contributed by atoms with Gasteiger partial charge in [0, 0.05) is 11.1 Å².